The smallest absolute Gasteiger partial charge is 0.238 e. The Morgan fingerprint density at radius 2 is 1.12 bits per heavy atom. The van der Waals surface area contributed by atoms with Gasteiger partial charge in [0.15, 0.2) is 5.82 Å². The molecule has 0 atom stereocenters. The zero-order valence-electron chi connectivity index (χ0n) is 11.5. The first-order chi connectivity index (χ1) is 11.4. The molecule has 8 heteroatoms. The second kappa shape index (κ2) is 6.48. The summed E-state index contributed by atoms with van der Waals surface area (Å²) in [6, 6.07) is 7.29. The number of hydrogen-bond acceptors (Lipinski definition) is 2. The van der Waals surface area contributed by atoms with Gasteiger partial charge in [-0.3, -0.25) is 0 Å². The van der Waals surface area contributed by atoms with Crippen LogP contribution in [0.25, 0.3) is 32.6 Å². The summed E-state index contributed by atoms with van der Waals surface area (Å²) in [5.74, 6) is -2.05. The minimum atomic E-state index is -1.10. The van der Waals surface area contributed by atoms with Crippen LogP contribution in [0, 0.1) is 26.2 Å². The lowest BCUT2D eigenvalue weighted by atomic mass is 10.00. The van der Waals surface area contributed by atoms with Crippen molar-refractivity contribution in [2.45, 2.75) is 0 Å². The number of rotatable bonds is 0. The van der Waals surface area contributed by atoms with Gasteiger partial charge in [-0.2, -0.15) is 4.39 Å². The van der Waals surface area contributed by atoms with Gasteiger partial charge in [-0.25, -0.2) is 14.4 Å². The number of pyridine rings is 2. The van der Waals surface area contributed by atoms with Crippen molar-refractivity contribution in [1.29, 1.82) is 0 Å². The second-order valence-corrected chi connectivity index (χ2v) is 9.63. The number of nitrogens with zero attached hydrogens (tertiary/aromatic N) is 2. The van der Waals surface area contributed by atoms with Gasteiger partial charge in [0.25, 0.3) is 0 Å². The molecule has 0 saturated carbocycles. The molecule has 0 aliphatic heterocycles. The van der Waals surface area contributed by atoms with Crippen molar-refractivity contribution >= 4 is 123 Å². The molecule has 0 aliphatic carbocycles. The van der Waals surface area contributed by atoms with Crippen molar-refractivity contribution in [2.24, 2.45) is 0 Å². The molecule has 2 heterocycles. The first kappa shape index (κ1) is 17.7. The lowest BCUT2D eigenvalue weighted by molar-refractivity contribution is 0.484. The van der Waals surface area contributed by atoms with E-state index in [4.69, 9.17) is 0 Å². The minimum Gasteiger partial charge on any atom is -0.238 e. The van der Waals surface area contributed by atoms with Crippen molar-refractivity contribution in [1.82, 2.24) is 9.97 Å². The van der Waals surface area contributed by atoms with Crippen LogP contribution in [0.4, 0.5) is 8.78 Å². The van der Waals surface area contributed by atoms with E-state index < -0.39 is 11.8 Å². The molecule has 0 radical (unpaired) electrons. The molecule has 0 spiro atoms. The summed E-state index contributed by atoms with van der Waals surface area (Å²) >= 11 is 8.89. The van der Waals surface area contributed by atoms with Crippen LogP contribution in [0.15, 0.2) is 24.3 Å². The number of benzene rings is 2. The Morgan fingerprint density at radius 1 is 0.625 bits per heavy atom. The van der Waals surface area contributed by atoms with E-state index in [1.807, 2.05) is 12.1 Å². The molecule has 4 rings (SSSR count). The zero-order valence-corrected chi connectivity index (χ0v) is 20.1. The van der Waals surface area contributed by atoms with E-state index in [2.05, 4.69) is 106 Å². The van der Waals surface area contributed by atoms with E-state index in [0.717, 1.165) is 30.6 Å². The third kappa shape index (κ3) is 2.78. The summed E-state index contributed by atoms with van der Waals surface area (Å²) in [7, 11) is 0. The zero-order chi connectivity index (χ0) is 17.2. The highest BCUT2D eigenvalue weighted by Gasteiger charge is 2.17. The fourth-order valence-electron chi connectivity index (χ4n) is 2.70. The van der Waals surface area contributed by atoms with Crippen molar-refractivity contribution in [3.63, 3.8) is 0 Å². The SMILES string of the molecule is Fc1cc2c3cc(I)c(I)cc3c3cc(I)c(I)nc3c2nc1F. The van der Waals surface area contributed by atoms with Crippen LogP contribution in [-0.4, -0.2) is 9.97 Å². The summed E-state index contributed by atoms with van der Waals surface area (Å²) in [4.78, 5) is 8.46. The molecule has 2 aromatic heterocycles. The molecule has 0 aliphatic rings. The van der Waals surface area contributed by atoms with E-state index in [-0.39, 0.29) is 0 Å². The summed E-state index contributed by atoms with van der Waals surface area (Å²) in [5, 5.41) is 3.30. The molecular weight excluding hydrogens is 766 g/mol. The predicted molar refractivity (Wildman–Crippen MR) is 125 cm³/mol. The molecular formula is C16H4F2I4N2. The topological polar surface area (TPSA) is 25.8 Å². The fraction of sp³-hybridized carbons (Fsp3) is 0. The molecule has 0 N–H and O–H groups in total. The largest absolute Gasteiger partial charge is 0.249 e. The summed E-state index contributed by atoms with van der Waals surface area (Å²) in [6.45, 7) is 0. The van der Waals surface area contributed by atoms with Crippen molar-refractivity contribution in [3.8, 4) is 0 Å². The van der Waals surface area contributed by atoms with Gasteiger partial charge in [-0.1, -0.05) is 0 Å². The lowest BCUT2D eigenvalue weighted by Gasteiger charge is -2.12. The van der Waals surface area contributed by atoms with Gasteiger partial charge in [0.2, 0.25) is 5.95 Å². The Morgan fingerprint density at radius 3 is 1.75 bits per heavy atom. The van der Waals surface area contributed by atoms with E-state index in [0.29, 0.717) is 16.4 Å². The third-order valence-corrected chi connectivity index (χ3v) is 9.23. The van der Waals surface area contributed by atoms with Crippen molar-refractivity contribution in [3.05, 3.63) is 50.4 Å². The first-order valence-electron chi connectivity index (χ1n) is 6.59. The molecule has 2 aromatic carbocycles. The van der Waals surface area contributed by atoms with E-state index in [1.54, 1.807) is 0 Å². The fourth-order valence-corrected chi connectivity index (χ4v) is 4.46. The maximum atomic E-state index is 13.8. The van der Waals surface area contributed by atoms with Crippen LogP contribution in [0.1, 0.15) is 0 Å². The molecule has 24 heavy (non-hydrogen) atoms. The molecule has 120 valence electrons. The standard InChI is InChI=1S/C16H4F2I4N2/c17-9-1-7-5-2-10(19)11(20)3-6(5)8-4-12(21)16(22)24-14(8)13(7)23-15(9)18/h1-4H. The monoisotopic (exact) mass is 770 g/mol. The Bertz CT molecular complexity index is 911. The van der Waals surface area contributed by atoms with Crippen molar-refractivity contribution in [2.75, 3.05) is 0 Å². The maximum absolute atomic E-state index is 13.8. The third-order valence-electron chi connectivity index (χ3n) is 3.73. The minimum absolute atomic E-state index is 0.391. The predicted octanol–water partition coefficient (Wildman–Crippen LogP) is 6.63. The molecule has 0 fully saturated rings. The Hall–Kier alpha value is 0.300. The number of hydrogen-bond donors (Lipinski definition) is 0. The summed E-state index contributed by atoms with van der Waals surface area (Å²) in [6.07, 6.45) is 0. The number of halogens is 6. The number of fused-ring (bicyclic) bond motifs is 6. The first-order valence-corrected chi connectivity index (χ1v) is 10.9. The highest BCUT2D eigenvalue weighted by molar-refractivity contribution is 14.1. The molecule has 2 nitrogen and oxygen atoms in total. The summed E-state index contributed by atoms with van der Waals surface area (Å²) < 4.78 is 31.6. The highest BCUT2D eigenvalue weighted by atomic mass is 127. The van der Waals surface area contributed by atoms with Crippen LogP contribution in [0.5, 0.6) is 0 Å². The van der Waals surface area contributed by atoms with Crippen LogP contribution in [-0.2, 0) is 0 Å². The quantitative estimate of drug-likeness (QED) is 0.114. The van der Waals surface area contributed by atoms with Gasteiger partial charge in [0.05, 0.1) is 5.52 Å². The van der Waals surface area contributed by atoms with Gasteiger partial charge < -0.3 is 0 Å². The van der Waals surface area contributed by atoms with E-state index in [1.165, 1.54) is 6.07 Å². The lowest BCUT2D eigenvalue weighted by Crippen LogP contribution is -1.97. The highest BCUT2D eigenvalue weighted by Crippen LogP contribution is 2.37. The van der Waals surface area contributed by atoms with Gasteiger partial charge in [0, 0.05) is 21.5 Å². The van der Waals surface area contributed by atoms with Gasteiger partial charge in [-0.15, -0.1) is 0 Å². The van der Waals surface area contributed by atoms with Gasteiger partial charge in [-0.05, 0) is 125 Å². The van der Waals surface area contributed by atoms with Crippen molar-refractivity contribution < 1.29 is 8.78 Å². The Kier molecular flexibility index (Phi) is 4.78. The Labute approximate surface area is 189 Å². The molecule has 4 aromatic rings. The average molecular weight is 770 g/mol. The molecule has 0 unspecified atom stereocenters. The van der Waals surface area contributed by atoms with Gasteiger partial charge >= 0.3 is 0 Å². The van der Waals surface area contributed by atoms with Crippen LogP contribution < -0.4 is 0 Å². The second-order valence-electron chi connectivity index (χ2n) is 5.13. The van der Waals surface area contributed by atoms with Crippen LogP contribution in [0.2, 0.25) is 0 Å². The molecule has 0 bridgehead atoms. The van der Waals surface area contributed by atoms with Crippen LogP contribution >= 0.6 is 90.4 Å². The maximum Gasteiger partial charge on any atom is 0.249 e. The average Bonchev–Trinajstić information content (AvgIpc) is 2.53. The summed E-state index contributed by atoms with van der Waals surface area (Å²) in [5.41, 5.74) is 0.987. The van der Waals surface area contributed by atoms with E-state index in [9.17, 15) is 8.78 Å². The van der Waals surface area contributed by atoms with E-state index >= 15 is 0 Å². The van der Waals surface area contributed by atoms with Gasteiger partial charge in [0.1, 0.15) is 9.22 Å². The molecule has 0 saturated heterocycles. The Balaban J connectivity index is 2.40. The van der Waals surface area contributed by atoms with Crippen LogP contribution in [0.3, 0.4) is 0 Å². The molecule has 0 amide bonds. The number of aromatic nitrogens is 2. The normalized spacial score (nSPS) is 11.8.